The minimum absolute atomic E-state index is 0.116. The van der Waals surface area contributed by atoms with Gasteiger partial charge in [0, 0.05) is 46.0 Å². The quantitative estimate of drug-likeness (QED) is 0.0987. The van der Waals surface area contributed by atoms with Crippen LogP contribution >= 0.6 is 0 Å². The third-order valence-corrected chi connectivity index (χ3v) is 10.7. The fourth-order valence-electron chi connectivity index (χ4n) is 7.88. The number of nitrogens with zero attached hydrogens (tertiary/aromatic N) is 4. The SMILES string of the molecule is COC(=O)N[C@H](C(=O)N1CCCC1c1ncc(-c2ccc3c(c2)[nH]c2cc(-c4cnc([C@@H]5CCCN5C(=O)[C@@H](NC(=O)O)C(C)C)[nH]4)ccc23)[nH]1)C(C)C. The Labute approximate surface area is 312 Å². The second kappa shape index (κ2) is 14.9. The number of aromatic amines is 3. The molecule has 3 aromatic heterocycles. The van der Waals surface area contributed by atoms with Crippen molar-refractivity contribution in [2.24, 2.45) is 11.8 Å². The van der Waals surface area contributed by atoms with E-state index >= 15 is 0 Å². The van der Waals surface area contributed by atoms with Crippen molar-refractivity contribution in [3.63, 3.8) is 0 Å². The lowest BCUT2D eigenvalue weighted by Crippen LogP contribution is -2.51. The number of carboxylic acid groups (broad SMARTS) is 1. The molecule has 4 atom stereocenters. The average molecular weight is 738 g/mol. The van der Waals surface area contributed by atoms with E-state index in [1.165, 1.54) is 7.11 Å². The highest BCUT2D eigenvalue weighted by molar-refractivity contribution is 6.09. The minimum Gasteiger partial charge on any atom is -0.465 e. The highest BCUT2D eigenvalue weighted by Gasteiger charge is 2.39. The number of carbonyl (C=O) groups is 4. The van der Waals surface area contributed by atoms with E-state index in [0.29, 0.717) is 24.7 Å². The van der Waals surface area contributed by atoms with Gasteiger partial charge in [-0.3, -0.25) is 9.59 Å². The maximum Gasteiger partial charge on any atom is 0.407 e. The van der Waals surface area contributed by atoms with Crippen molar-refractivity contribution in [3.8, 4) is 22.5 Å². The third-order valence-electron chi connectivity index (χ3n) is 10.7. The normalized spacial score (nSPS) is 18.5. The number of methoxy groups -OCH3 is 1. The van der Waals surface area contributed by atoms with Crippen LogP contribution in [0.2, 0.25) is 0 Å². The summed E-state index contributed by atoms with van der Waals surface area (Å²) in [5, 5.41) is 16.5. The molecule has 4 amide bonds. The zero-order chi connectivity index (χ0) is 38.3. The zero-order valence-corrected chi connectivity index (χ0v) is 31.1. The molecular formula is C39H47N9O6. The lowest BCUT2D eigenvalue weighted by molar-refractivity contribution is -0.136. The van der Waals surface area contributed by atoms with Gasteiger partial charge in [-0.1, -0.05) is 52.0 Å². The number of H-pyrrole nitrogens is 3. The van der Waals surface area contributed by atoms with Crippen molar-refractivity contribution >= 4 is 45.8 Å². The van der Waals surface area contributed by atoms with Crippen LogP contribution in [0.3, 0.4) is 0 Å². The van der Waals surface area contributed by atoms with Gasteiger partial charge in [-0.15, -0.1) is 0 Å². The van der Waals surface area contributed by atoms with Gasteiger partial charge in [0.1, 0.15) is 23.7 Å². The van der Waals surface area contributed by atoms with Crippen LogP contribution in [0.5, 0.6) is 0 Å². The van der Waals surface area contributed by atoms with Gasteiger partial charge in [0.05, 0.1) is 43.0 Å². The second-order valence-corrected chi connectivity index (χ2v) is 14.9. The maximum absolute atomic E-state index is 13.6. The Morgan fingerprint density at radius 1 is 0.741 bits per heavy atom. The molecule has 2 aliphatic rings. The molecule has 0 radical (unpaired) electrons. The number of likely N-dealkylation sites (tertiary alicyclic amines) is 2. The Bertz CT molecular complexity index is 2200. The van der Waals surface area contributed by atoms with Crippen LogP contribution in [0, 0.1) is 11.8 Å². The van der Waals surface area contributed by atoms with Gasteiger partial charge < -0.3 is 45.2 Å². The van der Waals surface area contributed by atoms with Crippen molar-refractivity contribution in [2.45, 2.75) is 77.5 Å². The topological polar surface area (TPSA) is 201 Å². The molecule has 5 heterocycles. The molecule has 284 valence electrons. The molecule has 0 spiro atoms. The van der Waals surface area contributed by atoms with Gasteiger partial charge in [0.2, 0.25) is 11.8 Å². The first kappa shape index (κ1) is 36.5. The van der Waals surface area contributed by atoms with Crippen molar-refractivity contribution in [1.29, 1.82) is 0 Å². The Hall–Kier alpha value is -5.86. The highest BCUT2D eigenvalue weighted by atomic mass is 16.5. The van der Waals surface area contributed by atoms with Gasteiger partial charge >= 0.3 is 12.2 Å². The number of imidazole rings is 2. The lowest BCUT2D eigenvalue weighted by atomic mass is 10.0. The van der Waals surface area contributed by atoms with Crippen LogP contribution in [0.25, 0.3) is 44.3 Å². The van der Waals surface area contributed by atoms with E-state index in [1.807, 2.05) is 33.8 Å². The Morgan fingerprint density at radius 2 is 1.20 bits per heavy atom. The Balaban J connectivity index is 1.09. The van der Waals surface area contributed by atoms with E-state index in [0.717, 1.165) is 70.0 Å². The molecule has 15 heteroatoms. The first-order chi connectivity index (χ1) is 25.9. The Kier molecular flexibility index (Phi) is 10.1. The summed E-state index contributed by atoms with van der Waals surface area (Å²) < 4.78 is 4.76. The van der Waals surface area contributed by atoms with Crippen LogP contribution in [-0.4, -0.2) is 96.1 Å². The van der Waals surface area contributed by atoms with Gasteiger partial charge in [-0.2, -0.15) is 0 Å². The summed E-state index contributed by atoms with van der Waals surface area (Å²) in [4.78, 5) is 73.7. The van der Waals surface area contributed by atoms with Gasteiger partial charge in [0.25, 0.3) is 0 Å². The number of hydrogen-bond donors (Lipinski definition) is 6. The Morgan fingerprint density at radius 3 is 1.63 bits per heavy atom. The van der Waals surface area contributed by atoms with E-state index in [9.17, 15) is 24.3 Å². The van der Waals surface area contributed by atoms with Gasteiger partial charge in [-0.25, -0.2) is 19.6 Å². The summed E-state index contributed by atoms with van der Waals surface area (Å²) in [6.45, 7) is 8.57. The van der Waals surface area contributed by atoms with Crippen LogP contribution < -0.4 is 10.6 Å². The fourth-order valence-corrected chi connectivity index (χ4v) is 7.88. The number of aromatic nitrogens is 5. The van der Waals surface area contributed by atoms with E-state index in [2.05, 4.69) is 60.9 Å². The first-order valence-electron chi connectivity index (χ1n) is 18.5. The molecule has 0 saturated carbocycles. The molecule has 6 N–H and O–H groups in total. The molecule has 2 aromatic carbocycles. The van der Waals surface area contributed by atoms with Crippen LogP contribution in [0.15, 0.2) is 48.8 Å². The molecule has 1 unspecified atom stereocenters. The summed E-state index contributed by atoms with van der Waals surface area (Å²) >= 11 is 0. The number of fused-ring (bicyclic) bond motifs is 3. The molecule has 2 aliphatic heterocycles. The largest absolute Gasteiger partial charge is 0.465 e. The van der Waals surface area contributed by atoms with Crippen molar-refractivity contribution in [1.82, 2.24) is 45.4 Å². The first-order valence-corrected chi connectivity index (χ1v) is 18.5. The lowest BCUT2D eigenvalue weighted by Gasteiger charge is -2.30. The number of rotatable bonds is 10. The standard InChI is InChI=1S/C39H47N9O6/c1-20(2)32(45-38(51)52)36(49)47-14-6-8-30(47)34-40-18-28(43-34)22-10-12-24-25-13-11-23(17-27(25)42-26(24)16-22)29-19-41-35(44-29)31-9-7-15-48(31)37(50)33(21(3)4)46-39(53)54-5/h10-13,16-21,30-33,42,45H,6-9,14-15H2,1-5H3,(H,40,43)(H,41,44)(H,46,53)(H,51,52)/t30-,31?,32-,33-/m0/s1. The number of amides is 4. The number of nitrogens with one attached hydrogen (secondary N) is 5. The fraction of sp³-hybridized carbons (Fsp3) is 0.436. The molecule has 2 fully saturated rings. The smallest absolute Gasteiger partial charge is 0.407 e. The molecule has 15 nitrogen and oxygen atoms in total. The van der Waals surface area contributed by atoms with Crippen molar-refractivity contribution in [3.05, 3.63) is 60.4 Å². The van der Waals surface area contributed by atoms with E-state index in [-0.39, 0.29) is 35.7 Å². The average Bonchev–Trinajstić information content (AvgIpc) is 4.00. The number of ether oxygens (including phenoxy) is 1. The highest BCUT2D eigenvalue weighted by Crippen LogP contribution is 2.36. The number of alkyl carbamates (subject to hydrolysis) is 1. The van der Waals surface area contributed by atoms with Gasteiger partial charge in [0.15, 0.2) is 0 Å². The molecule has 0 aliphatic carbocycles. The van der Waals surface area contributed by atoms with E-state index < -0.39 is 24.3 Å². The molecule has 7 rings (SSSR count). The molecule has 54 heavy (non-hydrogen) atoms. The maximum atomic E-state index is 13.6. The van der Waals surface area contributed by atoms with Crippen molar-refractivity contribution < 1.29 is 29.0 Å². The zero-order valence-electron chi connectivity index (χ0n) is 31.1. The predicted molar refractivity (Wildman–Crippen MR) is 202 cm³/mol. The summed E-state index contributed by atoms with van der Waals surface area (Å²) in [5.41, 5.74) is 5.46. The summed E-state index contributed by atoms with van der Waals surface area (Å²) in [5.74, 6) is 0.686. The van der Waals surface area contributed by atoms with Gasteiger partial charge in [-0.05, 0) is 49.7 Å². The third kappa shape index (κ3) is 6.97. The van der Waals surface area contributed by atoms with Crippen LogP contribution in [0.4, 0.5) is 9.59 Å². The second-order valence-electron chi connectivity index (χ2n) is 14.9. The molecule has 2 saturated heterocycles. The van der Waals surface area contributed by atoms with Crippen LogP contribution in [0.1, 0.15) is 77.1 Å². The molecule has 0 bridgehead atoms. The molecular weight excluding hydrogens is 690 g/mol. The summed E-state index contributed by atoms with van der Waals surface area (Å²) in [7, 11) is 1.29. The van der Waals surface area contributed by atoms with E-state index in [4.69, 9.17) is 9.72 Å². The minimum atomic E-state index is -1.22. The summed E-state index contributed by atoms with van der Waals surface area (Å²) in [6.07, 6.45) is 4.87. The predicted octanol–water partition coefficient (Wildman–Crippen LogP) is 6.10. The van der Waals surface area contributed by atoms with E-state index in [1.54, 1.807) is 22.2 Å². The van der Waals surface area contributed by atoms with Crippen LogP contribution in [-0.2, 0) is 14.3 Å². The van der Waals surface area contributed by atoms with Crippen molar-refractivity contribution in [2.75, 3.05) is 20.2 Å². The summed E-state index contributed by atoms with van der Waals surface area (Å²) in [6, 6.07) is 10.4. The molecule has 5 aromatic rings. The monoisotopic (exact) mass is 737 g/mol. The number of benzene rings is 2. The number of hydrogen-bond acceptors (Lipinski definition) is 7. The number of carbonyl (C=O) groups excluding carboxylic acids is 3.